The number of rotatable bonds is 5. The van der Waals surface area contributed by atoms with Crippen molar-refractivity contribution in [1.29, 1.82) is 0 Å². The SMILES string of the molecule is C[C@H](NC(=O)CSc1nc2ccccc2o1)c1ccc(Br)cc1. The number of nitrogens with zero attached hydrogens (tertiary/aromatic N) is 1. The van der Waals surface area contributed by atoms with E-state index in [-0.39, 0.29) is 17.7 Å². The standard InChI is InChI=1S/C17H15BrN2O2S/c1-11(12-6-8-13(18)9-7-12)19-16(21)10-23-17-20-14-4-2-3-5-15(14)22-17/h2-9,11H,10H2,1H3,(H,19,21)/t11-/m0/s1. The Morgan fingerprint density at radius 1 is 1.26 bits per heavy atom. The summed E-state index contributed by atoms with van der Waals surface area (Å²) in [5.74, 6) is 0.223. The van der Waals surface area contributed by atoms with Gasteiger partial charge in [-0.3, -0.25) is 4.79 Å². The van der Waals surface area contributed by atoms with Crippen LogP contribution in [0.3, 0.4) is 0 Å². The monoisotopic (exact) mass is 390 g/mol. The maximum absolute atomic E-state index is 12.1. The summed E-state index contributed by atoms with van der Waals surface area (Å²) >= 11 is 4.70. The number of para-hydroxylation sites is 2. The van der Waals surface area contributed by atoms with Crippen LogP contribution in [0.25, 0.3) is 11.1 Å². The molecular formula is C17H15BrN2O2S. The number of halogens is 1. The molecule has 4 nitrogen and oxygen atoms in total. The summed E-state index contributed by atoms with van der Waals surface area (Å²) in [4.78, 5) is 16.4. The molecule has 0 aliphatic carbocycles. The second kappa shape index (κ2) is 7.19. The van der Waals surface area contributed by atoms with E-state index in [1.54, 1.807) is 0 Å². The van der Waals surface area contributed by atoms with Gasteiger partial charge in [-0.2, -0.15) is 0 Å². The van der Waals surface area contributed by atoms with Crippen molar-refractivity contribution >= 4 is 44.7 Å². The van der Waals surface area contributed by atoms with Crippen LogP contribution < -0.4 is 5.32 Å². The molecule has 3 aromatic rings. The minimum absolute atomic E-state index is 0.0418. The Kier molecular flexibility index (Phi) is 5.03. The smallest absolute Gasteiger partial charge is 0.257 e. The van der Waals surface area contributed by atoms with Crippen LogP contribution in [0.1, 0.15) is 18.5 Å². The molecule has 1 atom stereocenters. The molecule has 0 saturated carbocycles. The van der Waals surface area contributed by atoms with Gasteiger partial charge in [0.15, 0.2) is 5.58 Å². The summed E-state index contributed by atoms with van der Waals surface area (Å²) in [7, 11) is 0. The van der Waals surface area contributed by atoms with Gasteiger partial charge in [-0.1, -0.05) is 52.0 Å². The maximum Gasteiger partial charge on any atom is 0.257 e. The Morgan fingerprint density at radius 2 is 2.00 bits per heavy atom. The molecule has 1 heterocycles. The van der Waals surface area contributed by atoms with Crippen LogP contribution in [-0.2, 0) is 4.79 Å². The lowest BCUT2D eigenvalue weighted by atomic mass is 10.1. The summed E-state index contributed by atoms with van der Waals surface area (Å²) in [6, 6.07) is 15.4. The van der Waals surface area contributed by atoms with Gasteiger partial charge in [0.25, 0.3) is 5.22 Å². The first kappa shape index (κ1) is 16.1. The van der Waals surface area contributed by atoms with Gasteiger partial charge in [-0.25, -0.2) is 4.98 Å². The number of aromatic nitrogens is 1. The van der Waals surface area contributed by atoms with E-state index in [1.807, 2.05) is 55.5 Å². The number of carbonyl (C=O) groups is 1. The molecule has 0 aliphatic heterocycles. The van der Waals surface area contributed by atoms with Crippen molar-refractivity contribution in [3.8, 4) is 0 Å². The first-order valence-corrected chi connectivity index (χ1v) is 8.93. The number of carbonyl (C=O) groups excluding carboxylic acids is 1. The number of hydrogen-bond donors (Lipinski definition) is 1. The van der Waals surface area contributed by atoms with Crippen LogP contribution in [0.2, 0.25) is 0 Å². The van der Waals surface area contributed by atoms with Crippen molar-refractivity contribution in [3.05, 3.63) is 58.6 Å². The molecule has 2 aromatic carbocycles. The number of oxazole rings is 1. The van der Waals surface area contributed by atoms with E-state index in [2.05, 4.69) is 26.2 Å². The van der Waals surface area contributed by atoms with E-state index in [0.717, 1.165) is 21.1 Å². The van der Waals surface area contributed by atoms with Gasteiger partial charge in [0, 0.05) is 4.47 Å². The molecule has 0 unspecified atom stereocenters. The molecule has 0 spiro atoms. The van der Waals surface area contributed by atoms with E-state index >= 15 is 0 Å². The lowest BCUT2D eigenvalue weighted by molar-refractivity contribution is -0.119. The molecule has 3 rings (SSSR count). The minimum Gasteiger partial charge on any atom is -0.431 e. The van der Waals surface area contributed by atoms with Crippen LogP contribution in [-0.4, -0.2) is 16.6 Å². The molecule has 6 heteroatoms. The summed E-state index contributed by atoms with van der Waals surface area (Å²) in [6.45, 7) is 1.96. The Bertz CT molecular complexity index is 784. The molecule has 0 saturated heterocycles. The second-order valence-electron chi connectivity index (χ2n) is 5.08. The molecule has 23 heavy (non-hydrogen) atoms. The predicted octanol–water partition coefficient (Wildman–Crippen LogP) is 4.56. The summed E-state index contributed by atoms with van der Waals surface area (Å²) in [5, 5.41) is 3.49. The first-order chi connectivity index (χ1) is 11.1. The number of nitrogens with one attached hydrogen (secondary N) is 1. The summed E-state index contributed by atoms with van der Waals surface area (Å²) < 4.78 is 6.61. The van der Waals surface area contributed by atoms with E-state index in [1.165, 1.54) is 11.8 Å². The van der Waals surface area contributed by atoms with Gasteiger partial charge in [0.2, 0.25) is 5.91 Å². The number of fused-ring (bicyclic) bond motifs is 1. The number of benzene rings is 2. The van der Waals surface area contributed by atoms with Crippen LogP contribution >= 0.6 is 27.7 Å². The average Bonchev–Trinajstić information content (AvgIpc) is 2.96. The van der Waals surface area contributed by atoms with Gasteiger partial charge in [-0.15, -0.1) is 0 Å². The maximum atomic E-state index is 12.1. The number of thioether (sulfide) groups is 1. The topological polar surface area (TPSA) is 55.1 Å². The quantitative estimate of drug-likeness (QED) is 0.648. The molecule has 0 aliphatic rings. The molecular weight excluding hydrogens is 376 g/mol. The van der Waals surface area contributed by atoms with Gasteiger partial charge < -0.3 is 9.73 Å². The van der Waals surface area contributed by atoms with Crippen LogP contribution in [0.15, 0.2) is 62.6 Å². The van der Waals surface area contributed by atoms with Gasteiger partial charge in [0.1, 0.15) is 5.52 Å². The van der Waals surface area contributed by atoms with Crippen molar-refractivity contribution in [3.63, 3.8) is 0 Å². The van der Waals surface area contributed by atoms with E-state index in [0.29, 0.717) is 5.22 Å². The highest BCUT2D eigenvalue weighted by Crippen LogP contribution is 2.23. The Labute approximate surface area is 146 Å². The fraction of sp³-hybridized carbons (Fsp3) is 0.176. The molecule has 1 aromatic heterocycles. The second-order valence-corrected chi connectivity index (χ2v) is 6.92. The highest BCUT2D eigenvalue weighted by Gasteiger charge is 2.12. The Hall–Kier alpha value is -1.79. The molecule has 0 bridgehead atoms. The zero-order valence-electron chi connectivity index (χ0n) is 12.5. The van der Waals surface area contributed by atoms with E-state index in [4.69, 9.17) is 4.42 Å². The fourth-order valence-electron chi connectivity index (χ4n) is 2.16. The largest absolute Gasteiger partial charge is 0.431 e. The van der Waals surface area contributed by atoms with Gasteiger partial charge >= 0.3 is 0 Å². The molecule has 0 fully saturated rings. The van der Waals surface area contributed by atoms with Crippen LogP contribution in [0.4, 0.5) is 0 Å². The van der Waals surface area contributed by atoms with Gasteiger partial charge in [-0.05, 0) is 36.8 Å². The number of hydrogen-bond acceptors (Lipinski definition) is 4. The summed E-state index contributed by atoms with van der Waals surface area (Å²) in [5.41, 5.74) is 2.60. The third kappa shape index (κ3) is 4.14. The molecule has 0 radical (unpaired) electrons. The van der Waals surface area contributed by atoms with Gasteiger partial charge in [0.05, 0.1) is 11.8 Å². The third-order valence-electron chi connectivity index (χ3n) is 3.35. The van der Waals surface area contributed by atoms with E-state index < -0.39 is 0 Å². The third-order valence-corrected chi connectivity index (χ3v) is 4.71. The van der Waals surface area contributed by atoms with Crippen molar-refractivity contribution in [2.24, 2.45) is 0 Å². The average molecular weight is 391 g/mol. The molecule has 118 valence electrons. The molecule has 1 N–H and O–H groups in total. The van der Waals surface area contributed by atoms with Crippen LogP contribution in [0, 0.1) is 0 Å². The highest BCUT2D eigenvalue weighted by atomic mass is 79.9. The first-order valence-electron chi connectivity index (χ1n) is 7.15. The van der Waals surface area contributed by atoms with Crippen molar-refractivity contribution in [2.45, 2.75) is 18.2 Å². The predicted molar refractivity (Wildman–Crippen MR) is 95.4 cm³/mol. The lowest BCUT2D eigenvalue weighted by Gasteiger charge is -2.13. The zero-order chi connectivity index (χ0) is 16.2. The fourth-order valence-corrected chi connectivity index (χ4v) is 3.07. The normalized spacial score (nSPS) is 12.3. The van der Waals surface area contributed by atoms with Crippen molar-refractivity contribution in [2.75, 3.05) is 5.75 Å². The Morgan fingerprint density at radius 3 is 2.74 bits per heavy atom. The zero-order valence-corrected chi connectivity index (χ0v) is 14.9. The Balaban J connectivity index is 1.55. The van der Waals surface area contributed by atoms with E-state index in [9.17, 15) is 4.79 Å². The number of amides is 1. The lowest BCUT2D eigenvalue weighted by Crippen LogP contribution is -2.28. The van der Waals surface area contributed by atoms with Crippen molar-refractivity contribution in [1.82, 2.24) is 10.3 Å². The van der Waals surface area contributed by atoms with Crippen molar-refractivity contribution < 1.29 is 9.21 Å². The summed E-state index contributed by atoms with van der Waals surface area (Å²) in [6.07, 6.45) is 0. The highest BCUT2D eigenvalue weighted by molar-refractivity contribution is 9.10. The molecule has 1 amide bonds. The van der Waals surface area contributed by atoms with Crippen LogP contribution in [0.5, 0.6) is 0 Å². The minimum atomic E-state index is -0.0484.